The fraction of sp³-hybridized carbons (Fsp3) is 0.175. The minimum Gasteiger partial charge on any atom is -0.311 e. The van der Waals surface area contributed by atoms with Crippen LogP contribution in [-0.4, -0.2) is 11.3 Å². The molecule has 0 fully saturated rings. The van der Waals surface area contributed by atoms with E-state index >= 15 is 0 Å². The predicted molar refractivity (Wildman–Crippen MR) is 360 cm³/mol. The Hall–Kier alpha value is -9.12. The second-order valence-electron chi connectivity index (χ2n) is 26.7. The molecule has 0 bridgehead atoms. The van der Waals surface area contributed by atoms with E-state index in [2.05, 4.69) is 338 Å². The van der Waals surface area contributed by atoms with Crippen LogP contribution >= 0.6 is 0 Å². The monoisotopic (exact) mass is 1090 g/mol. The summed E-state index contributed by atoms with van der Waals surface area (Å²) in [5, 5.41) is 2.54. The van der Waals surface area contributed by atoms with Gasteiger partial charge in [-0.3, -0.25) is 0 Å². The van der Waals surface area contributed by atoms with Crippen LogP contribution in [0, 0.1) is 0 Å². The zero-order valence-electron chi connectivity index (χ0n) is 50.2. The van der Waals surface area contributed by atoms with Crippen molar-refractivity contribution in [2.75, 3.05) is 9.80 Å². The Morgan fingerprint density at radius 1 is 0.274 bits per heavy atom. The average molecular weight is 1090 g/mol. The molecule has 0 N–H and O–H groups in total. The zero-order chi connectivity index (χ0) is 57.9. The highest BCUT2D eigenvalue weighted by molar-refractivity contribution is 7.00. The molecule has 0 saturated carbocycles. The van der Waals surface area contributed by atoms with Crippen molar-refractivity contribution in [2.45, 2.75) is 90.9 Å². The van der Waals surface area contributed by atoms with Gasteiger partial charge in [-0.1, -0.05) is 251 Å². The predicted octanol–water partition coefficient (Wildman–Crippen LogP) is 19.4. The number of anilines is 6. The van der Waals surface area contributed by atoms with Crippen molar-refractivity contribution >= 4 is 79.0 Å². The Bertz CT molecular complexity index is 4180. The van der Waals surface area contributed by atoms with Crippen LogP contribution in [-0.2, 0) is 21.7 Å². The van der Waals surface area contributed by atoms with Crippen molar-refractivity contribution in [3.8, 4) is 27.9 Å². The molecular formula is C80H72BN3. The van der Waals surface area contributed by atoms with Gasteiger partial charge in [0.25, 0.3) is 6.71 Å². The van der Waals surface area contributed by atoms with Gasteiger partial charge in [0, 0.05) is 55.7 Å². The van der Waals surface area contributed by atoms with Crippen molar-refractivity contribution in [1.82, 2.24) is 4.57 Å². The summed E-state index contributed by atoms with van der Waals surface area (Å²) >= 11 is 0. The molecule has 11 aromatic carbocycles. The van der Waals surface area contributed by atoms with Crippen LogP contribution in [0.1, 0.15) is 103 Å². The van der Waals surface area contributed by atoms with Crippen molar-refractivity contribution in [1.29, 1.82) is 0 Å². The van der Waals surface area contributed by atoms with Gasteiger partial charge in [0.1, 0.15) is 0 Å². The number of hydrogen-bond acceptors (Lipinski definition) is 2. The van der Waals surface area contributed by atoms with Gasteiger partial charge in [-0.25, -0.2) is 0 Å². The van der Waals surface area contributed by atoms with Gasteiger partial charge in [-0.2, -0.15) is 0 Å². The first kappa shape index (κ1) is 52.9. The lowest BCUT2D eigenvalue weighted by Crippen LogP contribution is -2.61. The van der Waals surface area contributed by atoms with E-state index in [9.17, 15) is 0 Å². The van der Waals surface area contributed by atoms with E-state index in [-0.39, 0.29) is 28.4 Å². The molecule has 3 nitrogen and oxygen atoms in total. The van der Waals surface area contributed by atoms with Gasteiger partial charge in [0.2, 0.25) is 0 Å². The maximum absolute atomic E-state index is 2.60. The molecule has 0 aliphatic carbocycles. The summed E-state index contributed by atoms with van der Waals surface area (Å²) < 4.78 is 2.57. The molecular weight excluding hydrogens is 1010 g/mol. The standard InChI is InChI=1S/C80H72BN3/c1-77(2,3)59-37-45-70-66(47-59)67-48-60(78(4,5)6)38-46-71(67)84(70)65-51-74-76-75(52-65)83(64-41-33-56(34-42-64)54-25-17-12-18-26-54)73-50-62(80(9,10)58-29-21-14-22-30-58)36-44-69(73)81(76)68-43-35-61(79(7,8)57-27-19-13-20-28-57)49-72(68)82(74)63-39-31-55(32-40-63)53-23-15-11-16-24-53/h11-52H,1-10H3. The molecule has 0 unspecified atom stereocenters. The van der Waals surface area contributed by atoms with Crippen LogP contribution in [0.2, 0.25) is 0 Å². The number of hydrogen-bond donors (Lipinski definition) is 0. The smallest absolute Gasteiger partial charge is 0.252 e. The maximum Gasteiger partial charge on any atom is 0.252 e. The fourth-order valence-electron chi connectivity index (χ4n) is 13.6. The Morgan fingerprint density at radius 2 is 0.619 bits per heavy atom. The molecule has 2 aliphatic heterocycles. The second kappa shape index (κ2) is 19.8. The van der Waals surface area contributed by atoms with Gasteiger partial charge in [-0.05, 0) is 156 Å². The lowest BCUT2D eigenvalue weighted by Gasteiger charge is -2.45. The van der Waals surface area contributed by atoms with E-state index in [1.165, 1.54) is 117 Å². The van der Waals surface area contributed by atoms with E-state index in [1.54, 1.807) is 0 Å². The summed E-state index contributed by atoms with van der Waals surface area (Å²) in [5.74, 6) is 0. The van der Waals surface area contributed by atoms with E-state index in [0.29, 0.717) is 0 Å². The average Bonchev–Trinajstić information content (AvgIpc) is 1.02. The normalized spacial score (nSPS) is 13.3. The first-order valence-corrected chi connectivity index (χ1v) is 30.0. The third-order valence-electron chi connectivity index (χ3n) is 18.7. The van der Waals surface area contributed by atoms with Gasteiger partial charge >= 0.3 is 0 Å². The Balaban J connectivity index is 1.11. The lowest BCUT2D eigenvalue weighted by molar-refractivity contribution is 0.590. The van der Waals surface area contributed by atoms with E-state index in [0.717, 1.165) is 17.1 Å². The first-order valence-electron chi connectivity index (χ1n) is 30.0. The third-order valence-corrected chi connectivity index (χ3v) is 18.7. The first-order chi connectivity index (χ1) is 40.4. The molecule has 0 amide bonds. The highest BCUT2D eigenvalue weighted by Crippen LogP contribution is 2.49. The number of aromatic nitrogens is 1. The Morgan fingerprint density at radius 3 is 0.988 bits per heavy atom. The second-order valence-corrected chi connectivity index (χ2v) is 26.7. The van der Waals surface area contributed by atoms with Crippen molar-refractivity contribution in [3.05, 3.63) is 288 Å². The zero-order valence-corrected chi connectivity index (χ0v) is 50.2. The van der Waals surface area contributed by atoms with Crippen LogP contribution in [0.4, 0.5) is 34.1 Å². The van der Waals surface area contributed by atoms with Gasteiger partial charge < -0.3 is 14.4 Å². The molecule has 4 heteroatoms. The topological polar surface area (TPSA) is 11.4 Å². The number of nitrogens with zero attached hydrogens (tertiary/aromatic N) is 3. The molecule has 2 aliphatic rings. The van der Waals surface area contributed by atoms with Crippen LogP contribution in [0.5, 0.6) is 0 Å². The minimum atomic E-state index is -0.293. The quantitative estimate of drug-likeness (QED) is 0.133. The van der Waals surface area contributed by atoms with Crippen LogP contribution in [0.3, 0.4) is 0 Å². The van der Waals surface area contributed by atoms with E-state index in [1.807, 2.05) is 0 Å². The van der Waals surface area contributed by atoms with Gasteiger partial charge in [0.15, 0.2) is 0 Å². The van der Waals surface area contributed by atoms with Crippen molar-refractivity contribution < 1.29 is 0 Å². The summed E-state index contributed by atoms with van der Waals surface area (Å²) in [6, 6.07) is 96.5. The number of rotatable bonds is 9. The molecule has 1 aromatic heterocycles. The summed E-state index contributed by atoms with van der Waals surface area (Å²) in [7, 11) is 0. The number of benzene rings is 11. The van der Waals surface area contributed by atoms with E-state index < -0.39 is 0 Å². The Kier molecular flexibility index (Phi) is 12.5. The highest BCUT2D eigenvalue weighted by Gasteiger charge is 2.45. The Labute approximate surface area is 497 Å². The minimum absolute atomic E-state index is 0.0367. The summed E-state index contributed by atoms with van der Waals surface area (Å²) in [6.07, 6.45) is 0. The molecule has 14 rings (SSSR count). The molecule has 84 heavy (non-hydrogen) atoms. The maximum atomic E-state index is 2.60. The van der Waals surface area contributed by atoms with Crippen molar-refractivity contribution in [3.63, 3.8) is 0 Å². The molecule has 3 heterocycles. The molecule has 0 atom stereocenters. The molecule has 0 saturated heterocycles. The SMILES string of the molecule is CC(C)(C)c1ccc2c(c1)c1cc(C(C)(C)C)ccc1n2-c1cc2c3c(c1)N(c1ccc(-c4ccccc4)cc1)c1cc(C(C)(C)c4ccccc4)ccc1B3c1ccc(C(C)(C)c3ccccc3)cc1N2c1ccc(-c2ccccc2)cc1. The summed E-state index contributed by atoms with van der Waals surface area (Å²) in [4.78, 5) is 5.21. The van der Waals surface area contributed by atoms with Gasteiger partial charge in [0.05, 0.1) is 16.7 Å². The van der Waals surface area contributed by atoms with Crippen molar-refractivity contribution in [2.24, 2.45) is 0 Å². The largest absolute Gasteiger partial charge is 0.311 e. The van der Waals surface area contributed by atoms with E-state index in [4.69, 9.17) is 0 Å². The third kappa shape index (κ3) is 8.80. The fourth-order valence-corrected chi connectivity index (χ4v) is 13.6. The molecule has 12 aromatic rings. The molecule has 0 spiro atoms. The van der Waals surface area contributed by atoms with Crippen LogP contribution in [0.25, 0.3) is 49.7 Å². The summed E-state index contributed by atoms with van der Waals surface area (Å²) in [5.41, 5.74) is 26.1. The van der Waals surface area contributed by atoms with Crippen LogP contribution in [0.15, 0.2) is 255 Å². The van der Waals surface area contributed by atoms with Gasteiger partial charge in [-0.15, -0.1) is 0 Å². The molecule has 0 radical (unpaired) electrons. The number of fused-ring (bicyclic) bond motifs is 7. The molecule has 410 valence electrons. The summed E-state index contributed by atoms with van der Waals surface area (Å²) in [6.45, 7) is 23.4. The lowest BCUT2D eigenvalue weighted by atomic mass is 9.33. The highest BCUT2D eigenvalue weighted by atomic mass is 15.2. The van der Waals surface area contributed by atoms with Crippen LogP contribution < -0.4 is 26.2 Å².